The van der Waals surface area contributed by atoms with Crippen molar-refractivity contribution in [2.75, 3.05) is 53.8 Å². The van der Waals surface area contributed by atoms with Crippen LogP contribution in [0.1, 0.15) is 20.8 Å². The normalized spacial score (nSPS) is 41.7. The predicted molar refractivity (Wildman–Crippen MR) is 192 cm³/mol. The van der Waals surface area contributed by atoms with Gasteiger partial charge in [0, 0.05) is 34.6 Å². The van der Waals surface area contributed by atoms with Gasteiger partial charge in [0.1, 0.15) is 85.4 Å². The summed E-state index contributed by atoms with van der Waals surface area (Å²) in [6, 6.07) is -2.89. The second-order valence-electron chi connectivity index (χ2n) is 14.8. The number of aliphatic hydroxyl groups excluding tert-OH is 8. The van der Waals surface area contributed by atoms with Crippen molar-refractivity contribution in [3.05, 3.63) is 0 Å². The quantitative estimate of drug-likeness (QED) is 0.0536. The molecule has 26 heteroatoms. The maximum Gasteiger partial charge on any atom is 0.252 e. The van der Waals surface area contributed by atoms with Crippen LogP contribution in [-0.2, 0) is 66.5 Å². The summed E-state index contributed by atoms with van der Waals surface area (Å²) in [6.07, 6.45) is -32.7. The molecule has 11 N–H and O–H groups in total. The fourth-order valence-electron chi connectivity index (χ4n) is 7.39. The number of nitrogens with one attached hydrogen (secondary N) is 3. The fourth-order valence-corrected chi connectivity index (χ4v) is 7.39. The highest BCUT2D eigenvalue weighted by molar-refractivity contribution is 5.81. The van der Waals surface area contributed by atoms with Gasteiger partial charge in [-0.25, -0.2) is 0 Å². The van der Waals surface area contributed by atoms with Gasteiger partial charge in [-0.1, -0.05) is 0 Å². The van der Waals surface area contributed by atoms with Crippen LogP contribution in [0.25, 0.3) is 0 Å². The molecule has 0 radical (unpaired) electrons. The topological polar surface area (TPSA) is 382 Å². The van der Waals surface area contributed by atoms with Crippen molar-refractivity contribution in [3.8, 4) is 0 Å². The van der Waals surface area contributed by atoms with Gasteiger partial charge in [-0.3, -0.25) is 14.4 Å². The van der Waals surface area contributed by atoms with Crippen LogP contribution in [0.5, 0.6) is 0 Å². The van der Waals surface area contributed by atoms with Crippen molar-refractivity contribution in [3.63, 3.8) is 0 Å². The number of hydrogen-bond donors (Lipinski definition) is 11. The Hall–Kier alpha value is -2.84. The summed E-state index contributed by atoms with van der Waals surface area (Å²) in [5.74, 6) is -4.29. The molecule has 0 spiro atoms. The molecule has 4 aliphatic rings. The molecule has 26 nitrogen and oxygen atoms in total. The molecule has 352 valence electrons. The van der Waals surface area contributed by atoms with Crippen LogP contribution in [0.4, 0.5) is 0 Å². The first-order chi connectivity index (χ1) is 28.9. The van der Waals surface area contributed by atoms with Gasteiger partial charge in [-0.05, 0) is 6.92 Å². The third kappa shape index (κ3) is 12.2. The third-order valence-corrected chi connectivity index (χ3v) is 10.4. The molecule has 0 aromatic rings. The van der Waals surface area contributed by atoms with Gasteiger partial charge in [0.2, 0.25) is 11.8 Å². The number of aliphatic hydroxyl groups is 8. The highest BCUT2D eigenvalue weighted by atomic mass is 16.8. The van der Waals surface area contributed by atoms with E-state index < -0.39 is 159 Å². The van der Waals surface area contributed by atoms with Crippen LogP contribution >= 0.6 is 0 Å². The van der Waals surface area contributed by atoms with E-state index in [0.717, 1.165) is 21.0 Å². The number of carbonyl (C=O) groups is 4. The lowest BCUT2D eigenvalue weighted by Gasteiger charge is -2.50. The minimum Gasteiger partial charge on any atom is -0.547 e. The van der Waals surface area contributed by atoms with Gasteiger partial charge in [-0.2, -0.15) is 0 Å². The largest absolute Gasteiger partial charge is 0.547 e. The Balaban J connectivity index is 1.58. The van der Waals surface area contributed by atoms with E-state index in [1.165, 1.54) is 14.0 Å². The van der Waals surface area contributed by atoms with Crippen LogP contribution in [0.15, 0.2) is 0 Å². The fraction of sp³-hybridized carbons (Fsp3) is 0.886. The minimum absolute atomic E-state index is 0.0207. The van der Waals surface area contributed by atoms with Crippen LogP contribution in [0.3, 0.4) is 0 Å². The van der Waals surface area contributed by atoms with Crippen molar-refractivity contribution in [2.24, 2.45) is 0 Å². The van der Waals surface area contributed by atoms with Crippen molar-refractivity contribution in [2.45, 2.75) is 143 Å². The smallest absolute Gasteiger partial charge is 0.252 e. The second-order valence-corrected chi connectivity index (χ2v) is 14.8. The molecule has 4 heterocycles. The molecule has 61 heavy (non-hydrogen) atoms. The number of carbonyl (C=O) groups excluding carboxylic acids is 4. The molecule has 0 aromatic heterocycles. The summed E-state index contributed by atoms with van der Waals surface area (Å²) >= 11 is 0. The third-order valence-electron chi connectivity index (χ3n) is 10.4. The Kier molecular flexibility index (Phi) is 19.3. The van der Waals surface area contributed by atoms with Gasteiger partial charge in [0.25, 0.3) is 5.91 Å². The average molecular weight is 889 g/mol. The van der Waals surface area contributed by atoms with Gasteiger partial charge in [0.05, 0.1) is 51.1 Å². The number of amides is 3. The predicted octanol–water partition coefficient (Wildman–Crippen LogP) is -9.19. The molecule has 8 unspecified atom stereocenters. The van der Waals surface area contributed by atoms with Gasteiger partial charge < -0.3 is 114 Å². The monoisotopic (exact) mass is 888 g/mol. The van der Waals surface area contributed by atoms with Crippen molar-refractivity contribution < 1.29 is 113 Å². The Morgan fingerprint density at radius 2 is 1.11 bits per heavy atom. The Labute approximate surface area is 349 Å². The first kappa shape index (κ1) is 50.8. The van der Waals surface area contributed by atoms with E-state index in [2.05, 4.69) is 16.0 Å². The van der Waals surface area contributed by atoms with Gasteiger partial charge >= 0.3 is 0 Å². The Morgan fingerprint density at radius 3 is 1.64 bits per heavy atom. The molecule has 4 rings (SSSR count). The number of rotatable bonds is 19. The average Bonchev–Trinajstić information content (AvgIpc) is 3.21. The summed E-state index contributed by atoms with van der Waals surface area (Å²) < 4.78 is 55.5. The molecule has 0 aliphatic carbocycles. The number of ether oxygens (including phenoxy) is 10. The maximum atomic E-state index is 13.2. The molecule has 4 saturated heterocycles. The lowest BCUT2D eigenvalue weighted by molar-refractivity contribution is -0.382. The molecule has 0 aromatic carbocycles. The lowest BCUT2D eigenvalue weighted by atomic mass is 9.92. The lowest BCUT2D eigenvalue weighted by Crippen LogP contribution is -2.71. The molecule has 0 saturated carbocycles. The van der Waals surface area contributed by atoms with E-state index in [1.54, 1.807) is 0 Å². The summed E-state index contributed by atoms with van der Waals surface area (Å²) in [7, 11) is 2.62. The van der Waals surface area contributed by atoms with Crippen LogP contribution < -0.4 is 21.1 Å². The van der Waals surface area contributed by atoms with E-state index in [0.29, 0.717) is 6.61 Å². The Bertz CT molecular complexity index is 1430. The molecule has 3 amide bonds. The van der Waals surface area contributed by atoms with Gasteiger partial charge in [-0.15, -0.1) is 0 Å². The standard InChI is InChI=1S/C35H59N3O23/c1-12-17(37-13(2)41)25(19(43)15(10-39)55-12)57-35-24(48)22(46)28(30(61-35)32(50)51)59-33-18(38-14(3)42)26(20(44)16(11-40)56-33)58-34-23(47)21(45)27(53-5)29(60-34)31(49)36-6-7-54-9-8-52-4/h12,15-30,33-35,39-40,43-48H,6-11H2,1-5H3,(H,36,49)(H,37,41)(H,38,42)(H,50,51)/p-1/t12-,15?,16?,17?,18?,19+,20+,21+,22+,23?,24?,25+,26+,27-,28-,29?,30?,33-,34+,35+/m0/s1. The van der Waals surface area contributed by atoms with Crippen molar-refractivity contribution in [1.82, 2.24) is 16.0 Å². The van der Waals surface area contributed by atoms with Crippen LogP contribution in [0, 0.1) is 0 Å². The summed E-state index contributed by atoms with van der Waals surface area (Å²) in [5.41, 5.74) is 0. The van der Waals surface area contributed by atoms with Gasteiger partial charge in [0.15, 0.2) is 25.0 Å². The second kappa shape index (κ2) is 23.2. The number of carboxylic acid groups (broad SMARTS) is 1. The van der Waals surface area contributed by atoms with E-state index in [1.807, 2.05) is 0 Å². The number of carboxylic acids is 1. The highest BCUT2D eigenvalue weighted by Gasteiger charge is 2.56. The zero-order chi connectivity index (χ0) is 45.3. The summed E-state index contributed by atoms with van der Waals surface area (Å²) in [6.45, 7) is 2.55. The van der Waals surface area contributed by atoms with Crippen molar-refractivity contribution in [1.29, 1.82) is 0 Å². The van der Waals surface area contributed by atoms with E-state index >= 15 is 0 Å². The molecule has 4 fully saturated rings. The molecule has 0 bridgehead atoms. The first-order valence-corrected chi connectivity index (χ1v) is 19.4. The van der Waals surface area contributed by atoms with E-state index in [-0.39, 0.29) is 19.8 Å². The summed E-state index contributed by atoms with van der Waals surface area (Å²) in [5, 5.41) is 107. The summed E-state index contributed by atoms with van der Waals surface area (Å²) in [4.78, 5) is 50.3. The van der Waals surface area contributed by atoms with Crippen LogP contribution in [0.2, 0.25) is 0 Å². The molecule has 4 aliphatic heterocycles. The number of hydrogen-bond acceptors (Lipinski definition) is 23. The zero-order valence-corrected chi connectivity index (χ0v) is 34.0. The maximum absolute atomic E-state index is 13.2. The van der Waals surface area contributed by atoms with Crippen molar-refractivity contribution >= 4 is 23.7 Å². The number of aliphatic carboxylic acids is 1. The molecular weight excluding hydrogens is 830 g/mol. The highest BCUT2D eigenvalue weighted by Crippen LogP contribution is 2.35. The molecule has 20 atom stereocenters. The number of methoxy groups -OCH3 is 2. The zero-order valence-electron chi connectivity index (χ0n) is 34.0. The van der Waals surface area contributed by atoms with E-state index in [9.17, 15) is 65.1 Å². The molecular formula is C35H58N3O23-. The Morgan fingerprint density at radius 1 is 0.607 bits per heavy atom. The SMILES string of the molecule is COCCOCCNC(=O)C1O[C@@H](O[C@@H]2C(NC(C)=O)[C@H](O[C@@H]3C(C(=O)[O-])O[C@@H](O[C@@H]4C(NC(C)=O)[C@H](C)OC(CO)[C@H]4O)C(O)[C@H]3O)OC(CO)[C@H]2O)C(O)[C@@H](O)[C@@H]1OC. The first-order valence-electron chi connectivity index (χ1n) is 19.4. The minimum atomic E-state index is -2.33. The van der Waals surface area contributed by atoms with Crippen LogP contribution in [-0.4, -0.2) is 241 Å². The van der Waals surface area contributed by atoms with E-state index in [4.69, 9.17) is 47.4 Å².